The van der Waals surface area contributed by atoms with Crippen molar-refractivity contribution in [1.82, 2.24) is 4.98 Å². The van der Waals surface area contributed by atoms with Gasteiger partial charge in [0.1, 0.15) is 6.26 Å². The largest absolute Gasteiger partial charge is 0.444 e. The summed E-state index contributed by atoms with van der Waals surface area (Å²) < 4.78 is 5.22. The Morgan fingerprint density at radius 2 is 2.50 bits per heavy atom. The average molecular weight is 260 g/mol. The van der Waals surface area contributed by atoms with E-state index in [1.807, 2.05) is 13.0 Å². The van der Waals surface area contributed by atoms with Gasteiger partial charge >= 0.3 is 0 Å². The summed E-state index contributed by atoms with van der Waals surface area (Å²) in [4.78, 5) is 19.3. The highest BCUT2D eigenvalue weighted by molar-refractivity contribution is 7.16. The summed E-state index contributed by atoms with van der Waals surface area (Å²) in [6, 6.07) is 1.91. The van der Waals surface area contributed by atoms with Gasteiger partial charge in [-0.25, -0.2) is 4.98 Å². The first-order valence-corrected chi connectivity index (χ1v) is 5.80. The Kier molecular flexibility index (Phi) is 3.57. The van der Waals surface area contributed by atoms with Gasteiger partial charge < -0.3 is 4.42 Å². The van der Waals surface area contributed by atoms with Crippen molar-refractivity contribution < 1.29 is 9.21 Å². The Labute approximate surface area is 106 Å². The second kappa shape index (κ2) is 5.31. The summed E-state index contributed by atoms with van der Waals surface area (Å²) in [5, 5.41) is 2.95. The van der Waals surface area contributed by atoms with Gasteiger partial charge in [-0.05, 0) is 41.4 Å². The number of oxazole rings is 1. The standard InChI is InChI=1S/C11H8N4O2S/c1-7-6-8(2-3-9(16)14-15-12)18-10(7)11-13-4-5-17-11/h2-6H,1H3/b3-2+. The van der Waals surface area contributed by atoms with Gasteiger partial charge in [0.05, 0.1) is 11.1 Å². The quantitative estimate of drug-likeness (QED) is 0.365. The molecule has 90 valence electrons. The summed E-state index contributed by atoms with van der Waals surface area (Å²) in [6.45, 7) is 1.93. The van der Waals surface area contributed by atoms with E-state index in [4.69, 9.17) is 9.95 Å². The van der Waals surface area contributed by atoms with Gasteiger partial charge in [-0.1, -0.05) is 0 Å². The Balaban J connectivity index is 2.24. The van der Waals surface area contributed by atoms with E-state index < -0.39 is 5.91 Å². The molecule has 18 heavy (non-hydrogen) atoms. The third-order valence-electron chi connectivity index (χ3n) is 2.10. The molecule has 0 aliphatic heterocycles. The van der Waals surface area contributed by atoms with Crippen LogP contribution in [0.4, 0.5) is 0 Å². The minimum Gasteiger partial charge on any atom is -0.444 e. The zero-order valence-corrected chi connectivity index (χ0v) is 10.2. The number of azide groups is 1. The molecular weight excluding hydrogens is 252 g/mol. The highest BCUT2D eigenvalue weighted by Gasteiger charge is 2.10. The van der Waals surface area contributed by atoms with E-state index in [0.717, 1.165) is 15.3 Å². The first-order chi connectivity index (χ1) is 8.70. The van der Waals surface area contributed by atoms with Gasteiger partial charge in [0.25, 0.3) is 0 Å². The number of aromatic nitrogens is 1. The van der Waals surface area contributed by atoms with E-state index in [0.29, 0.717) is 5.89 Å². The van der Waals surface area contributed by atoms with E-state index in [-0.39, 0.29) is 0 Å². The number of aryl methyl sites for hydroxylation is 1. The molecule has 0 aliphatic carbocycles. The highest BCUT2D eigenvalue weighted by atomic mass is 32.1. The number of rotatable bonds is 3. The molecule has 0 saturated carbocycles. The molecule has 0 radical (unpaired) electrons. The van der Waals surface area contributed by atoms with Crippen LogP contribution in [0.3, 0.4) is 0 Å². The molecule has 6 nitrogen and oxygen atoms in total. The van der Waals surface area contributed by atoms with E-state index in [1.54, 1.807) is 12.3 Å². The maximum absolute atomic E-state index is 11.0. The van der Waals surface area contributed by atoms with Gasteiger partial charge in [0.15, 0.2) is 0 Å². The molecule has 2 aromatic rings. The number of hydrogen-bond donors (Lipinski definition) is 0. The fourth-order valence-electron chi connectivity index (χ4n) is 1.37. The molecule has 7 heteroatoms. The van der Waals surface area contributed by atoms with Crippen LogP contribution >= 0.6 is 11.3 Å². The summed E-state index contributed by atoms with van der Waals surface area (Å²) >= 11 is 1.45. The molecule has 0 bridgehead atoms. The van der Waals surface area contributed by atoms with Gasteiger partial charge in [0.2, 0.25) is 11.8 Å². The molecule has 0 atom stereocenters. The fraction of sp³-hybridized carbons (Fsp3) is 0.0909. The number of thiophene rings is 1. The van der Waals surface area contributed by atoms with Crippen molar-refractivity contribution in [2.24, 2.45) is 5.11 Å². The van der Waals surface area contributed by atoms with Gasteiger partial charge in [-0.2, -0.15) is 0 Å². The molecule has 0 aromatic carbocycles. The summed E-state index contributed by atoms with van der Waals surface area (Å²) in [6.07, 6.45) is 5.91. The van der Waals surface area contributed by atoms with E-state index in [2.05, 4.69) is 15.0 Å². The molecule has 2 aromatic heterocycles. The van der Waals surface area contributed by atoms with E-state index >= 15 is 0 Å². The van der Waals surface area contributed by atoms with Gasteiger partial charge in [0, 0.05) is 9.79 Å². The Hall–Kier alpha value is -2.37. The molecule has 0 N–H and O–H groups in total. The zero-order chi connectivity index (χ0) is 13.0. The molecule has 2 heterocycles. The molecule has 0 saturated heterocycles. The van der Waals surface area contributed by atoms with Crippen LogP contribution in [-0.4, -0.2) is 10.9 Å². The lowest BCUT2D eigenvalue weighted by molar-refractivity contribution is -0.113. The number of carbonyl (C=O) groups excluding carboxylic acids is 1. The van der Waals surface area contributed by atoms with Crippen molar-refractivity contribution in [3.63, 3.8) is 0 Å². The molecule has 0 spiro atoms. The molecular formula is C11H8N4O2S. The molecule has 0 aliphatic rings. The number of carbonyl (C=O) groups is 1. The molecule has 2 rings (SSSR count). The summed E-state index contributed by atoms with van der Waals surface area (Å²) in [7, 11) is 0. The normalized spacial score (nSPS) is 10.5. The van der Waals surface area contributed by atoms with Crippen LogP contribution in [0.15, 0.2) is 34.1 Å². The van der Waals surface area contributed by atoms with Crippen LogP contribution in [0, 0.1) is 6.92 Å². The van der Waals surface area contributed by atoms with Crippen molar-refractivity contribution in [2.45, 2.75) is 6.92 Å². The van der Waals surface area contributed by atoms with Crippen LogP contribution in [0.1, 0.15) is 10.4 Å². The third kappa shape index (κ3) is 2.65. The minimum atomic E-state index is -0.624. The maximum Gasteiger partial charge on any atom is 0.242 e. The number of hydrogen-bond acceptors (Lipinski definition) is 4. The van der Waals surface area contributed by atoms with Gasteiger partial charge in [-0.15, -0.1) is 11.3 Å². The van der Waals surface area contributed by atoms with Crippen molar-refractivity contribution in [1.29, 1.82) is 0 Å². The van der Waals surface area contributed by atoms with Crippen molar-refractivity contribution >= 4 is 23.3 Å². The smallest absolute Gasteiger partial charge is 0.242 e. The first kappa shape index (κ1) is 12.1. The van der Waals surface area contributed by atoms with Crippen LogP contribution in [0.5, 0.6) is 0 Å². The Bertz CT molecular complexity index is 636. The van der Waals surface area contributed by atoms with Gasteiger partial charge in [-0.3, -0.25) is 4.79 Å². The number of amides is 1. The van der Waals surface area contributed by atoms with E-state index in [9.17, 15) is 4.79 Å². The zero-order valence-electron chi connectivity index (χ0n) is 9.40. The lowest BCUT2D eigenvalue weighted by Crippen LogP contribution is -1.80. The second-order valence-corrected chi connectivity index (χ2v) is 4.44. The van der Waals surface area contributed by atoms with Crippen LogP contribution < -0.4 is 0 Å². The van der Waals surface area contributed by atoms with Crippen molar-refractivity contribution in [3.8, 4) is 10.8 Å². The van der Waals surface area contributed by atoms with E-state index in [1.165, 1.54) is 23.7 Å². The van der Waals surface area contributed by atoms with Crippen LogP contribution in [0.2, 0.25) is 0 Å². The van der Waals surface area contributed by atoms with Crippen molar-refractivity contribution in [3.05, 3.63) is 45.5 Å². The average Bonchev–Trinajstić information content (AvgIpc) is 2.95. The maximum atomic E-state index is 11.0. The second-order valence-electron chi connectivity index (χ2n) is 3.36. The Morgan fingerprint density at radius 3 is 3.17 bits per heavy atom. The lowest BCUT2D eigenvalue weighted by atomic mass is 10.2. The van der Waals surface area contributed by atoms with Crippen LogP contribution in [-0.2, 0) is 4.79 Å². The topological polar surface area (TPSA) is 91.9 Å². The molecule has 0 unspecified atom stereocenters. The first-order valence-electron chi connectivity index (χ1n) is 4.98. The molecule has 1 amide bonds. The SMILES string of the molecule is Cc1cc(/C=C/C(=O)N=[N+]=[N-])sc1-c1ncco1. The number of nitrogens with zero attached hydrogens (tertiary/aromatic N) is 4. The molecule has 0 fully saturated rings. The predicted molar refractivity (Wildman–Crippen MR) is 67.7 cm³/mol. The van der Waals surface area contributed by atoms with Crippen molar-refractivity contribution in [2.75, 3.05) is 0 Å². The fourth-order valence-corrected chi connectivity index (χ4v) is 2.38. The Morgan fingerprint density at radius 1 is 1.67 bits per heavy atom. The summed E-state index contributed by atoms with van der Waals surface area (Å²) in [5.41, 5.74) is 9.11. The minimum absolute atomic E-state index is 0.554. The third-order valence-corrected chi connectivity index (χ3v) is 3.29. The summed E-state index contributed by atoms with van der Waals surface area (Å²) in [5.74, 6) is -0.0697. The monoisotopic (exact) mass is 260 g/mol. The lowest BCUT2D eigenvalue weighted by Gasteiger charge is -1.89. The van der Waals surface area contributed by atoms with Crippen LogP contribution in [0.25, 0.3) is 27.3 Å². The predicted octanol–water partition coefficient (Wildman–Crippen LogP) is 3.56. The highest BCUT2D eigenvalue weighted by Crippen LogP contribution is 2.31.